The Morgan fingerprint density at radius 1 is 1.03 bits per heavy atom. The molecule has 35 heavy (non-hydrogen) atoms. The lowest BCUT2D eigenvalue weighted by Crippen LogP contribution is -2.52. The maximum atomic E-state index is 14.2. The van der Waals surface area contributed by atoms with E-state index in [1.165, 1.54) is 0 Å². The number of amides is 2. The van der Waals surface area contributed by atoms with Crippen LogP contribution in [0.4, 0.5) is 13.6 Å². The number of alkyl halides is 2. The van der Waals surface area contributed by atoms with E-state index in [0.717, 1.165) is 29.4 Å². The number of hydrogen-bond acceptors (Lipinski definition) is 6. The number of ether oxygens (including phenoxy) is 2. The summed E-state index contributed by atoms with van der Waals surface area (Å²) in [6.07, 6.45) is -1.99. The van der Waals surface area contributed by atoms with Crippen LogP contribution in [-0.2, 0) is 23.9 Å². The van der Waals surface area contributed by atoms with Gasteiger partial charge in [-0.25, -0.2) is 9.59 Å². The molecule has 0 fully saturated rings. The molecule has 2 aromatic rings. The highest BCUT2D eigenvalue weighted by Crippen LogP contribution is 2.44. The van der Waals surface area contributed by atoms with Crippen molar-refractivity contribution in [2.24, 2.45) is 0 Å². The van der Waals surface area contributed by atoms with Crippen LogP contribution in [0.5, 0.6) is 0 Å². The fourth-order valence-electron chi connectivity index (χ4n) is 3.80. The van der Waals surface area contributed by atoms with E-state index in [0.29, 0.717) is 0 Å². The second-order valence-electron chi connectivity index (χ2n) is 7.86. The molecule has 1 aliphatic rings. The molecule has 1 aliphatic carbocycles. The van der Waals surface area contributed by atoms with Gasteiger partial charge < -0.3 is 25.2 Å². The van der Waals surface area contributed by atoms with E-state index in [1.54, 1.807) is 5.32 Å². The fourth-order valence-corrected chi connectivity index (χ4v) is 3.80. The monoisotopic (exact) mass is 490 g/mol. The minimum Gasteiger partial charge on any atom is -0.480 e. The highest BCUT2D eigenvalue weighted by Gasteiger charge is 2.41. The second-order valence-corrected chi connectivity index (χ2v) is 7.86. The van der Waals surface area contributed by atoms with Crippen LogP contribution < -0.4 is 10.6 Å². The van der Waals surface area contributed by atoms with Gasteiger partial charge in [-0.3, -0.25) is 9.59 Å². The third kappa shape index (κ3) is 6.11. The SMILES string of the molecule is COC(=O)CC[C@@H](NC(=O)C(F)(F)CNC(=O)OCC1c2ccccc2-c2ccccc21)C(=O)O. The van der Waals surface area contributed by atoms with Crippen molar-refractivity contribution < 1.29 is 42.5 Å². The summed E-state index contributed by atoms with van der Waals surface area (Å²) in [7, 11) is 1.08. The molecule has 186 valence electrons. The van der Waals surface area contributed by atoms with Crippen molar-refractivity contribution in [2.75, 3.05) is 20.3 Å². The smallest absolute Gasteiger partial charge is 0.407 e. The standard InChI is InChI=1S/C24H24F2N2O7/c1-34-20(29)11-10-19(21(30)31)28-22(32)24(25,26)13-27-23(33)35-12-18-16-8-4-2-6-14(16)15-7-3-5-9-17(15)18/h2-9,18-19H,10-13H2,1H3,(H,27,33)(H,28,32)(H,30,31)/t19-/m1/s1. The van der Waals surface area contributed by atoms with E-state index in [9.17, 15) is 28.0 Å². The molecule has 3 rings (SSSR count). The summed E-state index contributed by atoms with van der Waals surface area (Å²) >= 11 is 0. The minimum atomic E-state index is -4.12. The summed E-state index contributed by atoms with van der Waals surface area (Å²) in [4.78, 5) is 46.4. The second kappa shape index (κ2) is 10.9. The molecule has 0 heterocycles. The zero-order valence-electron chi connectivity index (χ0n) is 18.8. The van der Waals surface area contributed by atoms with Crippen LogP contribution in [0.3, 0.4) is 0 Å². The summed E-state index contributed by atoms with van der Waals surface area (Å²) in [5.41, 5.74) is 3.89. The molecule has 11 heteroatoms. The molecule has 0 radical (unpaired) electrons. The zero-order valence-corrected chi connectivity index (χ0v) is 18.8. The number of rotatable bonds is 10. The van der Waals surface area contributed by atoms with Gasteiger partial charge in [0.05, 0.1) is 13.7 Å². The Balaban J connectivity index is 1.54. The van der Waals surface area contributed by atoms with Gasteiger partial charge in [-0.1, -0.05) is 48.5 Å². The topological polar surface area (TPSA) is 131 Å². The Labute approximate surface area is 199 Å². The number of fused-ring (bicyclic) bond motifs is 3. The van der Waals surface area contributed by atoms with Crippen LogP contribution in [0.2, 0.25) is 0 Å². The Bertz CT molecular complexity index is 1080. The molecule has 0 bridgehead atoms. The minimum absolute atomic E-state index is 0.105. The summed E-state index contributed by atoms with van der Waals surface area (Å²) in [6.45, 7) is -1.51. The van der Waals surface area contributed by atoms with Gasteiger partial charge in [-0.2, -0.15) is 8.78 Å². The molecule has 0 aliphatic heterocycles. The van der Waals surface area contributed by atoms with Crippen LogP contribution in [0.1, 0.15) is 29.9 Å². The molecule has 0 unspecified atom stereocenters. The van der Waals surface area contributed by atoms with E-state index in [-0.39, 0.29) is 12.5 Å². The number of carboxylic acids is 1. The maximum absolute atomic E-state index is 14.2. The molecule has 2 aromatic carbocycles. The van der Waals surface area contributed by atoms with E-state index in [4.69, 9.17) is 9.84 Å². The van der Waals surface area contributed by atoms with Crippen LogP contribution in [0.15, 0.2) is 48.5 Å². The van der Waals surface area contributed by atoms with E-state index in [2.05, 4.69) is 4.74 Å². The Kier molecular flexibility index (Phi) is 8.00. The van der Waals surface area contributed by atoms with Gasteiger partial charge in [0.15, 0.2) is 0 Å². The number of carbonyl (C=O) groups excluding carboxylic acids is 3. The fraction of sp³-hybridized carbons (Fsp3) is 0.333. The predicted octanol–water partition coefficient (Wildman–Crippen LogP) is 2.68. The van der Waals surface area contributed by atoms with E-state index < -0.39 is 55.3 Å². The summed E-state index contributed by atoms with van der Waals surface area (Å²) < 4.78 is 38.0. The number of carboxylic acid groups (broad SMARTS) is 1. The molecule has 0 saturated heterocycles. The summed E-state index contributed by atoms with van der Waals surface area (Å²) in [6, 6.07) is 13.5. The molecule has 2 amide bonds. The Morgan fingerprint density at radius 2 is 1.60 bits per heavy atom. The average molecular weight is 490 g/mol. The highest BCUT2D eigenvalue weighted by atomic mass is 19.3. The molecule has 0 aromatic heterocycles. The van der Waals surface area contributed by atoms with Crippen LogP contribution in [0, 0.1) is 0 Å². The Hall–Kier alpha value is -4.02. The van der Waals surface area contributed by atoms with Gasteiger partial charge in [0.2, 0.25) is 0 Å². The molecular formula is C24H24F2N2O7. The maximum Gasteiger partial charge on any atom is 0.407 e. The van der Waals surface area contributed by atoms with Gasteiger partial charge in [0, 0.05) is 12.3 Å². The molecular weight excluding hydrogens is 466 g/mol. The van der Waals surface area contributed by atoms with Crippen LogP contribution >= 0.6 is 0 Å². The molecule has 0 spiro atoms. The van der Waals surface area contributed by atoms with Crippen molar-refractivity contribution in [3.8, 4) is 11.1 Å². The third-order valence-electron chi connectivity index (χ3n) is 5.60. The first-order chi connectivity index (χ1) is 16.6. The first kappa shape index (κ1) is 25.6. The average Bonchev–Trinajstić information content (AvgIpc) is 3.17. The van der Waals surface area contributed by atoms with Crippen molar-refractivity contribution in [1.29, 1.82) is 0 Å². The van der Waals surface area contributed by atoms with Crippen molar-refractivity contribution >= 4 is 23.9 Å². The number of alkyl carbamates (subject to hydrolysis) is 1. The largest absolute Gasteiger partial charge is 0.480 e. The number of aliphatic carboxylic acids is 1. The number of benzene rings is 2. The lowest BCUT2D eigenvalue weighted by molar-refractivity contribution is -0.151. The quantitative estimate of drug-likeness (QED) is 0.437. The van der Waals surface area contributed by atoms with E-state index >= 15 is 0 Å². The van der Waals surface area contributed by atoms with Crippen molar-refractivity contribution in [3.05, 3.63) is 59.7 Å². The Morgan fingerprint density at radius 3 is 2.14 bits per heavy atom. The summed E-state index contributed by atoms with van der Waals surface area (Å²) in [5, 5.41) is 12.6. The molecule has 1 atom stereocenters. The van der Waals surface area contributed by atoms with Crippen molar-refractivity contribution in [3.63, 3.8) is 0 Å². The number of esters is 1. The summed E-state index contributed by atoms with van der Waals surface area (Å²) in [5.74, 6) is -8.65. The molecule has 0 saturated carbocycles. The third-order valence-corrected chi connectivity index (χ3v) is 5.60. The number of nitrogens with one attached hydrogen (secondary N) is 2. The number of carbonyl (C=O) groups is 4. The highest BCUT2D eigenvalue weighted by molar-refractivity contribution is 5.89. The van der Waals surface area contributed by atoms with Crippen LogP contribution in [-0.4, -0.2) is 61.3 Å². The lowest BCUT2D eigenvalue weighted by atomic mass is 9.98. The zero-order chi connectivity index (χ0) is 25.6. The number of hydrogen-bond donors (Lipinski definition) is 3. The van der Waals surface area contributed by atoms with Gasteiger partial charge in [0.25, 0.3) is 5.91 Å². The van der Waals surface area contributed by atoms with Crippen LogP contribution in [0.25, 0.3) is 11.1 Å². The first-order valence-corrected chi connectivity index (χ1v) is 10.7. The number of methoxy groups -OCH3 is 1. The van der Waals surface area contributed by atoms with Gasteiger partial charge in [-0.05, 0) is 28.7 Å². The molecule has 3 N–H and O–H groups in total. The van der Waals surface area contributed by atoms with E-state index in [1.807, 2.05) is 53.8 Å². The lowest BCUT2D eigenvalue weighted by Gasteiger charge is -2.20. The van der Waals surface area contributed by atoms with Gasteiger partial charge >= 0.3 is 24.0 Å². The number of halogens is 2. The first-order valence-electron chi connectivity index (χ1n) is 10.7. The predicted molar refractivity (Wildman–Crippen MR) is 119 cm³/mol. The molecule has 9 nitrogen and oxygen atoms in total. The van der Waals surface area contributed by atoms with Gasteiger partial charge in [-0.15, -0.1) is 0 Å². The van der Waals surface area contributed by atoms with Gasteiger partial charge in [0.1, 0.15) is 12.6 Å². The van der Waals surface area contributed by atoms with Crippen molar-refractivity contribution in [2.45, 2.75) is 30.7 Å². The van der Waals surface area contributed by atoms with Crippen molar-refractivity contribution in [1.82, 2.24) is 10.6 Å². The normalized spacial score (nSPS) is 13.2.